The highest BCUT2D eigenvalue weighted by Crippen LogP contribution is 2.36. The van der Waals surface area contributed by atoms with E-state index in [9.17, 15) is 4.79 Å². The number of methoxy groups -OCH3 is 1. The van der Waals surface area contributed by atoms with E-state index in [4.69, 9.17) is 9.47 Å². The third kappa shape index (κ3) is 5.01. The first-order chi connectivity index (χ1) is 15.2. The lowest BCUT2D eigenvalue weighted by Gasteiger charge is -2.22. The second-order valence-electron chi connectivity index (χ2n) is 9.37. The van der Waals surface area contributed by atoms with Gasteiger partial charge in [0.25, 0.3) is 0 Å². The summed E-state index contributed by atoms with van der Waals surface area (Å²) in [6, 6.07) is 4.02. The lowest BCUT2D eigenvalue weighted by Crippen LogP contribution is -2.42. The molecule has 2 atom stereocenters. The summed E-state index contributed by atoms with van der Waals surface area (Å²) >= 11 is 0. The number of alkyl carbamates (subject to hydrolysis) is 1. The second-order valence-corrected chi connectivity index (χ2v) is 9.37. The molecule has 3 aromatic heterocycles. The van der Waals surface area contributed by atoms with Gasteiger partial charge < -0.3 is 20.1 Å². The number of aromatic nitrogens is 5. The number of amides is 1. The number of aromatic amines is 1. The van der Waals surface area contributed by atoms with Crippen molar-refractivity contribution in [2.45, 2.75) is 64.2 Å². The summed E-state index contributed by atoms with van der Waals surface area (Å²) < 4.78 is 12.6. The molecule has 172 valence electrons. The fourth-order valence-corrected chi connectivity index (χ4v) is 4.07. The quantitative estimate of drug-likeness (QED) is 0.533. The van der Waals surface area contributed by atoms with Crippen LogP contribution in [0.2, 0.25) is 0 Å². The smallest absolute Gasteiger partial charge is 0.407 e. The van der Waals surface area contributed by atoms with Crippen LogP contribution < -0.4 is 10.6 Å². The average Bonchev–Trinajstić information content (AvgIpc) is 3.41. The first-order valence-corrected chi connectivity index (χ1v) is 10.8. The van der Waals surface area contributed by atoms with Crippen molar-refractivity contribution in [2.75, 3.05) is 12.4 Å². The van der Waals surface area contributed by atoms with Crippen molar-refractivity contribution in [2.24, 2.45) is 7.05 Å². The number of H-pyrrole nitrogens is 1. The van der Waals surface area contributed by atoms with Crippen molar-refractivity contribution in [3.8, 4) is 0 Å². The predicted molar refractivity (Wildman–Crippen MR) is 121 cm³/mol. The van der Waals surface area contributed by atoms with Crippen molar-refractivity contribution in [3.05, 3.63) is 29.6 Å². The molecule has 0 saturated heterocycles. The summed E-state index contributed by atoms with van der Waals surface area (Å²) in [5.41, 5.74) is 2.47. The molecule has 0 bridgehead atoms. The van der Waals surface area contributed by atoms with Crippen LogP contribution in [0, 0.1) is 0 Å². The van der Waals surface area contributed by atoms with Gasteiger partial charge in [0.05, 0.1) is 12.0 Å². The Kier molecular flexibility index (Phi) is 6.05. The zero-order valence-corrected chi connectivity index (χ0v) is 19.2. The number of hydrogen-bond donors (Lipinski definition) is 3. The van der Waals surface area contributed by atoms with E-state index >= 15 is 0 Å². The van der Waals surface area contributed by atoms with Gasteiger partial charge in [-0.1, -0.05) is 0 Å². The fourth-order valence-electron chi connectivity index (χ4n) is 4.07. The fraction of sp³-hybridized carbons (Fsp3) is 0.545. The number of nitrogens with one attached hydrogen (secondary N) is 3. The topological polar surface area (TPSA) is 119 Å². The van der Waals surface area contributed by atoms with Gasteiger partial charge in [-0.05, 0) is 51.7 Å². The molecule has 0 unspecified atom stereocenters. The number of hydrogen-bond acceptors (Lipinski definition) is 7. The summed E-state index contributed by atoms with van der Waals surface area (Å²) in [5.74, 6) is 1.64. The van der Waals surface area contributed by atoms with Gasteiger partial charge in [-0.25, -0.2) is 14.5 Å². The molecule has 3 heterocycles. The van der Waals surface area contributed by atoms with Gasteiger partial charge in [0.1, 0.15) is 6.10 Å². The molecule has 0 radical (unpaired) electrons. The number of anilines is 2. The van der Waals surface area contributed by atoms with Crippen molar-refractivity contribution >= 4 is 28.8 Å². The molecule has 10 heteroatoms. The molecule has 0 aromatic carbocycles. The minimum atomic E-state index is -0.362. The third-order valence-electron chi connectivity index (χ3n) is 5.47. The van der Waals surface area contributed by atoms with E-state index in [0.717, 1.165) is 41.6 Å². The maximum atomic E-state index is 12.1. The number of ether oxygens (including phenoxy) is 2. The molecule has 0 aliphatic heterocycles. The van der Waals surface area contributed by atoms with Crippen LogP contribution in [0.4, 0.5) is 16.4 Å². The number of fused-ring (bicyclic) bond motifs is 1. The molecular weight excluding hydrogens is 410 g/mol. The molecule has 1 fully saturated rings. The number of carbonyl (C=O) groups is 1. The Bertz CT molecular complexity index is 1100. The van der Waals surface area contributed by atoms with E-state index in [1.54, 1.807) is 18.0 Å². The Morgan fingerprint density at radius 3 is 2.88 bits per heavy atom. The van der Waals surface area contributed by atoms with Crippen molar-refractivity contribution < 1.29 is 14.3 Å². The molecule has 1 aliphatic carbocycles. The second kappa shape index (κ2) is 8.78. The van der Waals surface area contributed by atoms with Gasteiger partial charge >= 0.3 is 6.09 Å². The molecular formula is C22H31N7O3. The number of nitrogens with zero attached hydrogens (tertiary/aromatic N) is 4. The first-order valence-electron chi connectivity index (χ1n) is 10.8. The van der Waals surface area contributed by atoms with E-state index < -0.39 is 0 Å². The molecule has 3 N–H and O–H groups in total. The zero-order valence-electron chi connectivity index (χ0n) is 19.2. The SMILES string of the molecule is COCc1cnc2c(c1)c(Nc1cc([C@@H]3CC[C@H](OC(=O)NC(C)(C)C)C3)[nH]n1)nn2C. The minimum Gasteiger partial charge on any atom is -0.446 e. The van der Waals surface area contributed by atoms with Crippen LogP contribution in [0.3, 0.4) is 0 Å². The Morgan fingerprint density at radius 1 is 1.31 bits per heavy atom. The average molecular weight is 442 g/mol. The summed E-state index contributed by atoms with van der Waals surface area (Å²) in [4.78, 5) is 16.5. The lowest BCUT2D eigenvalue weighted by molar-refractivity contribution is 0.0937. The van der Waals surface area contributed by atoms with E-state index in [0.29, 0.717) is 18.2 Å². The highest BCUT2D eigenvalue weighted by atomic mass is 16.6. The molecule has 1 saturated carbocycles. The lowest BCUT2D eigenvalue weighted by atomic mass is 10.0. The molecule has 4 rings (SSSR count). The van der Waals surface area contributed by atoms with E-state index in [-0.39, 0.29) is 23.7 Å². The number of aryl methyl sites for hydroxylation is 1. The highest BCUT2D eigenvalue weighted by Gasteiger charge is 2.30. The Hall–Kier alpha value is -3.14. The number of carbonyl (C=O) groups excluding carboxylic acids is 1. The normalized spacial score (nSPS) is 18.8. The van der Waals surface area contributed by atoms with Crippen LogP contribution >= 0.6 is 0 Å². The van der Waals surface area contributed by atoms with Gasteiger partial charge in [0.15, 0.2) is 17.3 Å². The third-order valence-corrected chi connectivity index (χ3v) is 5.47. The molecule has 0 spiro atoms. The van der Waals surface area contributed by atoms with Crippen LogP contribution in [0.15, 0.2) is 18.3 Å². The van der Waals surface area contributed by atoms with Crippen LogP contribution in [0.1, 0.15) is 57.2 Å². The van der Waals surface area contributed by atoms with Gasteiger partial charge in [0.2, 0.25) is 0 Å². The number of rotatable bonds is 6. The van der Waals surface area contributed by atoms with E-state index in [2.05, 4.69) is 30.9 Å². The minimum absolute atomic E-state index is 0.0907. The summed E-state index contributed by atoms with van der Waals surface area (Å²) in [5, 5.41) is 19.1. The van der Waals surface area contributed by atoms with Gasteiger partial charge in [-0.2, -0.15) is 10.2 Å². The van der Waals surface area contributed by atoms with Crippen molar-refractivity contribution in [1.82, 2.24) is 30.3 Å². The summed E-state index contributed by atoms with van der Waals surface area (Å²) in [6.07, 6.45) is 3.89. The standard InChI is InChI=1S/C22H31N7O3/c1-22(2,3)25-21(30)32-15-7-6-14(9-15)17-10-18(27-26-17)24-19-16-8-13(12-31-5)11-23-20(16)29(4)28-19/h8,10-11,14-15H,6-7,9,12H2,1-5H3,(H,25,30)(H2,24,26,27,28)/t14-,15+/m1/s1. The Morgan fingerprint density at radius 2 is 2.12 bits per heavy atom. The Balaban J connectivity index is 1.42. The van der Waals surface area contributed by atoms with Crippen molar-refractivity contribution in [3.63, 3.8) is 0 Å². The summed E-state index contributed by atoms with van der Waals surface area (Å²) in [7, 11) is 3.52. The molecule has 32 heavy (non-hydrogen) atoms. The molecule has 1 aliphatic rings. The van der Waals surface area contributed by atoms with Crippen LogP contribution in [0.25, 0.3) is 11.0 Å². The maximum Gasteiger partial charge on any atom is 0.407 e. The number of pyridine rings is 1. The van der Waals surface area contributed by atoms with Gasteiger partial charge in [-0.15, -0.1) is 0 Å². The van der Waals surface area contributed by atoms with Gasteiger partial charge in [0, 0.05) is 43.6 Å². The van der Waals surface area contributed by atoms with E-state index in [1.807, 2.05) is 40.0 Å². The highest BCUT2D eigenvalue weighted by molar-refractivity contribution is 5.89. The molecule has 3 aromatic rings. The van der Waals surface area contributed by atoms with Gasteiger partial charge in [-0.3, -0.25) is 5.10 Å². The Labute approximate surface area is 187 Å². The van der Waals surface area contributed by atoms with Crippen LogP contribution in [0.5, 0.6) is 0 Å². The first kappa shape index (κ1) is 22.1. The maximum absolute atomic E-state index is 12.1. The predicted octanol–water partition coefficient (Wildman–Crippen LogP) is 3.74. The van der Waals surface area contributed by atoms with E-state index in [1.165, 1.54) is 0 Å². The largest absolute Gasteiger partial charge is 0.446 e. The van der Waals surface area contributed by atoms with Crippen LogP contribution in [-0.4, -0.2) is 49.8 Å². The molecule has 10 nitrogen and oxygen atoms in total. The summed E-state index contributed by atoms with van der Waals surface area (Å²) in [6.45, 7) is 6.29. The zero-order chi connectivity index (χ0) is 22.9. The van der Waals surface area contributed by atoms with Crippen LogP contribution in [-0.2, 0) is 23.1 Å². The monoisotopic (exact) mass is 441 g/mol. The molecule has 1 amide bonds. The van der Waals surface area contributed by atoms with Crippen molar-refractivity contribution in [1.29, 1.82) is 0 Å².